The van der Waals surface area contributed by atoms with Gasteiger partial charge in [0.05, 0.1) is 11.7 Å². The van der Waals surface area contributed by atoms with Crippen molar-refractivity contribution in [3.63, 3.8) is 0 Å². The van der Waals surface area contributed by atoms with Gasteiger partial charge < -0.3 is 10.1 Å². The lowest BCUT2D eigenvalue weighted by atomic mass is 10.0. The van der Waals surface area contributed by atoms with Crippen LogP contribution in [0.25, 0.3) is 0 Å². The molecule has 0 spiro atoms. The zero-order chi connectivity index (χ0) is 17.9. The van der Waals surface area contributed by atoms with Crippen LogP contribution in [0.2, 0.25) is 5.02 Å². The molecule has 7 heteroatoms. The van der Waals surface area contributed by atoms with E-state index in [1.54, 1.807) is 33.1 Å². The zero-order valence-electron chi connectivity index (χ0n) is 14.0. The Bertz CT molecular complexity index is 787. The minimum Gasteiger partial charge on any atom is -0.375 e. The largest absolute Gasteiger partial charge is 0.375 e. The fourth-order valence-corrected chi connectivity index (χ4v) is 2.66. The summed E-state index contributed by atoms with van der Waals surface area (Å²) in [5.41, 5.74) is 1.60. The summed E-state index contributed by atoms with van der Waals surface area (Å²) in [5.74, 6) is -0.456. The molecule has 24 heavy (non-hydrogen) atoms. The van der Waals surface area contributed by atoms with Crippen molar-refractivity contribution < 1.29 is 9.53 Å². The average molecular weight is 350 g/mol. The topological polar surface area (TPSA) is 84.1 Å². The third-order valence-corrected chi connectivity index (χ3v) is 4.21. The number of H-pyrrole nitrogens is 1. The third kappa shape index (κ3) is 3.83. The first-order valence-electron chi connectivity index (χ1n) is 7.50. The second-order valence-electron chi connectivity index (χ2n) is 5.61. The molecule has 0 fully saturated rings. The van der Waals surface area contributed by atoms with Crippen molar-refractivity contribution in [3.8, 4) is 0 Å². The van der Waals surface area contributed by atoms with E-state index in [4.69, 9.17) is 16.3 Å². The fraction of sp³-hybridized carbons (Fsp3) is 0.353. The number of nitrogens with one attached hydrogen (secondary N) is 2. The molecule has 2 aromatic rings. The highest BCUT2D eigenvalue weighted by atomic mass is 35.5. The maximum atomic E-state index is 12.5. The molecule has 0 aliphatic rings. The third-order valence-electron chi connectivity index (χ3n) is 3.96. The lowest BCUT2D eigenvalue weighted by molar-refractivity contribution is 0.0643. The molecule has 0 saturated heterocycles. The molecule has 1 heterocycles. The van der Waals surface area contributed by atoms with Crippen molar-refractivity contribution in [2.75, 3.05) is 7.11 Å². The number of ether oxygens (including phenoxy) is 1. The first-order valence-corrected chi connectivity index (χ1v) is 7.88. The summed E-state index contributed by atoms with van der Waals surface area (Å²) < 4.78 is 5.50. The van der Waals surface area contributed by atoms with Gasteiger partial charge in [0.2, 0.25) is 0 Å². The predicted octanol–water partition coefficient (Wildman–Crippen LogP) is 2.55. The number of benzene rings is 1. The molecule has 1 amide bonds. The number of rotatable bonds is 5. The monoisotopic (exact) mass is 349 g/mol. The maximum Gasteiger partial charge on any atom is 0.277 e. The van der Waals surface area contributed by atoms with Crippen LogP contribution < -0.4 is 10.9 Å². The number of aromatic nitrogens is 2. The van der Waals surface area contributed by atoms with Crippen LogP contribution in [0.3, 0.4) is 0 Å². The number of carbonyl (C=O) groups excluding carboxylic acids is 1. The van der Waals surface area contributed by atoms with E-state index < -0.39 is 11.5 Å². The minimum absolute atomic E-state index is 0.0697. The van der Waals surface area contributed by atoms with Crippen LogP contribution in [0.5, 0.6) is 0 Å². The molecule has 6 nitrogen and oxygen atoms in total. The van der Waals surface area contributed by atoms with Crippen molar-refractivity contribution in [2.45, 2.75) is 32.9 Å². The van der Waals surface area contributed by atoms with Crippen LogP contribution in [0, 0.1) is 13.8 Å². The van der Waals surface area contributed by atoms with Crippen molar-refractivity contribution in [3.05, 3.63) is 62.0 Å². The Kier molecular flexibility index (Phi) is 5.75. The van der Waals surface area contributed by atoms with Crippen LogP contribution in [-0.4, -0.2) is 29.3 Å². The average Bonchev–Trinajstić information content (AvgIpc) is 2.54. The smallest absolute Gasteiger partial charge is 0.277 e. The molecule has 0 unspecified atom stereocenters. The highest BCUT2D eigenvalue weighted by Crippen LogP contribution is 2.22. The maximum absolute atomic E-state index is 12.5. The number of aryl methyl sites for hydroxylation is 1. The molecule has 0 aliphatic carbocycles. The van der Waals surface area contributed by atoms with E-state index in [2.05, 4.69) is 15.5 Å². The second-order valence-corrected chi connectivity index (χ2v) is 6.04. The lowest BCUT2D eigenvalue weighted by Crippen LogP contribution is -2.40. The summed E-state index contributed by atoms with van der Waals surface area (Å²) in [6.45, 7) is 5.25. The van der Waals surface area contributed by atoms with Crippen LogP contribution in [-0.2, 0) is 4.74 Å². The Morgan fingerprint density at radius 1 is 1.29 bits per heavy atom. The molecular formula is C17H20ClN3O3. The normalized spacial score (nSPS) is 13.4. The molecule has 2 atom stereocenters. The van der Waals surface area contributed by atoms with Gasteiger partial charge in [-0.3, -0.25) is 9.59 Å². The predicted molar refractivity (Wildman–Crippen MR) is 92.5 cm³/mol. The van der Waals surface area contributed by atoms with Gasteiger partial charge in [-0.15, -0.1) is 0 Å². The molecule has 2 N–H and O–H groups in total. The minimum atomic E-state index is -0.511. The molecular weight excluding hydrogens is 330 g/mol. The van der Waals surface area contributed by atoms with Gasteiger partial charge >= 0.3 is 0 Å². The number of carbonyl (C=O) groups is 1. The molecule has 0 saturated carbocycles. The molecule has 128 valence electrons. The van der Waals surface area contributed by atoms with Gasteiger partial charge in [-0.2, -0.15) is 5.10 Å². The van der Waals surface area contributed by atoms with Crippen LogP contribution >= 0.6 is 11.6 Å². The number of methoxy groups -OCH3 is 1. The number of amides is 1. The molecule has 0 radical (unpaired) electrons. The van der Waals surface area contributed by atoms with Gasteiger partial charge in [0, 0.05) is 12.1 Å². The summed E-state index contributed by atoms with van der Waals surface area (Å²) in [4.78, 5) is 24.5. The van der Waals surface area contributed by atoms with E-state index in [1.165, 1.54) is 0 Å². The van der Waals surface area contributed by atoms with Crippen LogP contribution in [0.4, 0.5) is 0 Å². The Labute approximate surface area is 145 Å². The second kappa shape index (κ2) is 7.59. The zero-order valence-corrected chi connectivity index (χ0v) is 14.8. The Hall–Kier alpha value is -2.18. The van der Waals surface area contributed by atoms with E-state index in [9.17, 15) is 9.59 Å². The molecule has 0 bridgehead atoms. The summed E-state index contributed by atoms with van der Waals surface area (Å²) in [5, 5.41) is 9.63. The molecule has 1 aromatic carbocycles. The Morgan fingerprint density at radius 2 is 1.92 bits per heavy atom. The number of nitrogens with zero attached hydrogens (tertiary/aromatic N) is 1. The van der Waals surface area contributed by atoms with E-state index in [0.29, 0.717) is 16.3 Å². The van der Waals surface area contributed by atoms with Gasteiger partial charge in [-0.25, -0.2) is 5.10 Å². The van der Waals surface area contributed by atoms with Crippen molar-refractivity contribution in [1.82, 2.24) is 15.5 Å². The standard InChI is InChI=1S/C17H20ClN3O3/c1-9-10(2)20-21-17(23)14(9)16(22)19-11(3)15(24-4)12-5-7-13(18)8-6-12/h5-8,11,15H,1-4H3,(H,19,22)(H,21,23)/t11-,15+/m0/s1. The Morgan fingerprint density at radius 3 is 2.50 bits per heavy atom. The van der Waals surface area contributed by atoms with Crippen LogP contribution in [0.15, 0.2) is 29.1 Å². The summed E-state index contributed by atoms with van der Waals surface area (Å²) in [6.07, 6.45) is -0.367. The van der Waals surface area contributed by atoms with Gasteiger partial charge in [0.1, 0.15) is 11.7 Å². The first kappa shape index (κ1) is 18.2. The number of hydrogen-bond acceptors (Lipinski definition) is 4. The quantitative estimate of drug-likeness (QED) is 0.868. The molecule has 1 aromatic heterocycles. The molecule has 2 rings (SSSR count). The van der Waals surface area contributed by atoms with Crippen molar-refractivity contribution >= 4 is 17.5 Å². The number of aromatic amines is 1. The fourth-order valence-electron chi connectivity index (χ4n) is 2.53. The van der Waals surface area contributed by atoms with E-state index in [-0.39, 0.29) is 17.7 Å². The summed E-state index contributed by atoms with van der Waals surface area (Å²) >= 11 is 5.90. The summed E-state index contributed by atoms with van der Waals surface area (Å²) in [6, 6.07) is 6.86. The van der Waals surface area contributed by atoms with Gasteiger partial charge in [-0.05, 0) is 44.0 Å². The van der Waals surface area contributed by atoms with Crippen molar-refractivity contribution in [1.29, 1.82) is 0 Å². The van der Waals surface area contributed by atoms with Gasteiger partial charge in [0.25, 0.3) is 11.5 Å². The van der Waals surface area contributed by atoms with Crippen LogP contribution in [0.1, 0.15) is 40.2 Å². The highest BCUT2D eigenvalue weighted by molar-refractivity contribution is 6.30. The van der Waals surface area contributed by atoms with E-state index in [1.807, 2.05) is 19.1 Å². The van der Waals surface area contributed by atoms with Crippen molar-refractivity contribution in [2.24, 2.45) is 0 Å². The lowest BCUT2D eigenvalue weighted by Gasteiger charge is -2.24. The highest BCUT2D eigenvalue weighted by Gasteiger charge is 2.24. The Balaban J connectivity index is 2.23. The van der Waals surface area contributed by atoms with E-state index >= 15 is 0 Å². The van der Waals surface area contributed by atoms with Gasteiger partial charge in [-0.1, -0.05) is 23.7 Å². The van der Waals surface area contributed by atoms with Gasteiger partial charge in [0.15, 0.2) is 0 Å². The summed E-state index contributed by atoms with van der Waals surface area (Å²) in [7, 11) is 1.57. The van der Waals surface area contributed by atoms with E-state index in [0.717, 1.165) is 5.56 Å². The number of hydrogen-bond donors (Lipinski definition) is 2. The first-order chi connectivity index (χ1) is 11.3. The number of halogens is 1. The molecule has 0 aliphatic heterocycles. The SMILES string of the molecule is CO[C@@H](c1ccc(Cl)cc1)[C@H](C)NC(=O)c1c(C)c(C)n[nH]c1=O.